The van der Waals surface area contributed by atoms with Crippen LogP contribution in [0.15, 0.2) is 60.8 Å². The number of carbonyl (C=O) groups excluding carboxylic acids is 1. The Kier molecular flexibility index (Phi) is 37.2. The molecule has 1 N–H and O–H groups in total. The van der Waals surface area contributed by atoms with Gasteiger partial charge in [0.1, 0.15) is 6.10 Å². The molecule has 0 aliphatic heterocycles. The third-order valence-electron chi connectivity index (χ3n) is 8.75. The van der Waals surface area contributed by atoms with E-state index in [1.54, 1.807) is 0 Å². The molecule has 0 rings (SSSR count). The average Bonchev–Trinajstić information content (AvgIpc) is 3.07. The van der Waals surface area contributed by atoms with Crippen molar-refractivity contribution in [2.24, 2.45) is 0 Å². The number of esters is 1. The zero-order valence-electron chi connectivity index (χ0n) is 31.5. The number of hydrogen-bond donors (Lipinski definition) is 1. The number of carboxylic acids is 1. The lowest BCUT2D eigenvalue weighted by atomic mass is 10.0. The van der Waals surface area contributed by atoms with Gasteiger partial charge in [0.15, 0.2) is 0 Å². The van der Waals surface area contributed by atoms with Crippen molar-refractivity contribution in [1.29, 1.82) is 0 Å². The summed E-state index contributed by atoms with van der Waals surface area (Å²) in [6.07, 6.45) is 54.3. The summed E-state index contributed by atoms with van der Waals surface area (Å²) in [5, 5.41) is 8.67. The van der Waals surface area contributed by atoms with Crippen LogP contribution in [0.3, 0.4) is 0 Å². The van der Waals surface area contributed by atoms with E-state index in [-0.39, 0.29) is 12.1 Å². The fraction of sp³-hybridized carbons (Fsp3) is 0.727. The van der Waals surface area contributed by atoms with E-state index < -0.39 is 5.97 Å². The first-order chi connectivity index (χ1) is 23.6. The summed E-state index contributed by atoms with van der Waals surface area (Å²) < 4.78 is 5.95. The Labute approximate surface area is 297 Å². The van der Waals surface area contributed by atoms with Crippen molar-refractivity contribution < 1.29 is 19.4 Å². The van der Waals surface area contributed by atoms with Gasteiger partial charge in [-0.05, 0) is 77.0 Å². The van der Waals surface area contributed by atoms with Gasteiger partial charge in [0.2, 0.25) is 0 Å². The van der Waals surface area contributed by atoms with Crippen molar-refractivity contribution in [2.75, 3.05) is 0 Å². The first kappa shape index (κ1) is 45.6. The Morgan fingerprint density at radius 3 is 1.31 bits per heavy atom. The van der Waals surface area contributed by atoms with Gasteiger partial charge in [0.05, 0.1) is 0 Å². The number of ether oxygens (including phenoxy) is 1. The predicted molar refractivity (Wildman–Crippen MR) is 208 cm³/mol. The summed E-state index contributed by atoms with van der Waals surface area (Å²) in [5.74, 6) is -0.682. The number of carboxylic acid groups (broad SMARTS) is 1. The van der Waals surface area contributed by atoms with Gasteiger partial charge in [0.25, 0.3) is 0 Å². The lowest BCUT2D eigenvalue weighted by molar-refractivity contribution is -0.150. The van der Waals surface area contributed by atoms with E-state index in [4.69, 9.17) is 9.84 Å². The Morgan fingerprint density at radius 2 is 0.875 bits per heavy atom. The molecule has 0 saturated carbocycles. The van der Waals surface area contributed by atoms with E-state index >= 15 is 0 Å². The van der Waals surface area contributed by atoms with E-state index in [1.165, 1.54) is 96.3 Å². The summed E-state index contributed by atoms with van der Waals surface area (Å²) in [4.78, 5) is 23.1. The van der Waals surface area contributed by atoms with Crippen LogP contribution < -0.4 is 0 Å². The maximum absolute atomic E-state index is 12.5. The number of allylic oxidation sites excluding steroid dienone is 10. The van der Waals surface area contributed by atoms with Gasteiger partial charge in [-0.3, -0.25) is 9.59 Å². The molecular formula is C44H76O4. The largest absolute Gasteiger partial charge is 0.481 e. The Morgan fingerprint density at radius 1 is 0.479 bits per heavy atom. The normalized spacial score (nSPS) is 12.9. The molecule has 0 heterocycles. The van der Waals surface area contributed by atoms with Crippen LogP contribution in [0.2, 0.25) is 0 Å². The molecule has 4 heteroatoms. The minimum Gasteiger partial charge on any atom is -0.481 e. The van der Waals surface area contributed by atoms with Crippen molar-refractivity contribution in [1.82, 2.24) is 0 Å². The molecule has 0 aliphatic carbocycles. The SMILES string of the molecule is CC/C=C\C/C=C\C/C=C\C/C=C\C/C=C\CCCC(=O)OC(CCCCC)CCCCCCCCCCCCCCCCCC(=O)O. The average molecular weight is 669 g/mol. The zero-order valence-corrected chi connectivity index (χ0v) is 31.5. The molecule has 1 atom stereocenters. The molecule has 0 aliphatic rings. The highest BCUT2D eigenvalue weighted by molar-refractivity contribution is 5.69. The van der Waals surface area contributed by atoms with Gasteiger partial charge in [-0.15, -0.1) is 0 Å². The minimum atomic E-state index is -0.667. The van der Waals surface area contributed by atoms with Crippen LogP contribution in [0.25, 0.3) is 0 Å². The lowest BCUT2D eigenvalue weighted by Gasteiger charge is -2.18. The predicted octanol–water partition coefficient (Wildman–Crippen LogP) is 14.1. The number of rotatable bonds is 36. The highest BCUT2D eigenvalue weighted by Crippen LogP contribution is 2.18. The molecule has 48 heavy (non-hydrogen) atoms. The standard InChI is InChI=1S/C44H76O4/c1-3-5-7-8-9-10-11-12-13-14-18-21-24-27-30-33-37-41-44(47)48-42(38-34-6-4-2)39-35-31-28-25-22-19-16-15-17-20-23-26-29-32-36-40-43(45)46/h5,7,9-10,12-13,18,21,27,30,42H,3-4,6,8,11,14-17,19-20,22-26,28-29,31-41H2,1-2H3,(H,45,46)/b7-5-,10-9-,13-12-,21-18-,30-27-. The number of aliphatic carboxylic acids is 1. The number of hydrogen-bond acceptors (Lipinski definition) is 3. The quantitative estimate of drug-likeness (QED) is 0.0410. The molecule has 0 aromatic carbocycles. The molecule has 0 radical (unpaired) electrons. The van der Waals surface area contributed by atoms with Crippen LogP contribution in [0.4, 0.5) is 0 Å². The van der Waals surface area contributed by atoms with E-state index in [2.05, 4.69) is 74.6 Å². The Balaban J connectivity index is 3.83. The summed E-state index contributed by atoms with van der Waals surface area (Å²) in [6.45, 7) is 4.39. The first-order valence-electron chi connectivity index (χ1n) is 20.3. The third-order valence-corrected chi connectivity index (χ3v) is 8.75. The van der Waals surface area contributed by atoms with Crippen LogP contribution in [0.5, 0.6) is 0 Å². The molecule has 4 nitrogen and oxygen atoms in total. The Bertz CT molecular complexity index is 850. The fourth-order valence-corrected chi connectivity index (χ4v) is 5.81. The molecule has 0 fully saturated rings. The van der Waals surface area contributed by atoms with Crippen LogP contribution >= 0.6 is 0 Å². The van der Waals surface area contributed by atoms with Crippen LogP contribution in [-0.4, -0.2) is 23.1 Å². The van der Waals surface area contributed by atoms with Crippen molar-refractivity contribution in [2.45, 2.75) is 206 Å². The molecule has 0 bridgehead atoms. The van der Waals surface area contributed by atoms with E-state index in [0.717, 1.165) is 77.0 Å². The van der Waals surface area contributed by atoms with E-state index in [0.29, 0.717) is 12.8 Å². The maximum Gasteiger partial charge on any atom is 0.306 e. The summed E-state index contributed by atoms with van der Waals surface area (Å²) >= 11 is 0. The van der Waals surface area contributed by atoms with Gasteiger partial charge in [-0.25, -0.2) is 0 Å². The summed E-state index contributed by atoms with van der Waals surface area (Å²) in [7, 11) is 0. The van der Waals surface area contributed by atoms with E-state index in [1.807, 2.05) is 0 Å². The van der Waals surface area contributed by atoms with Gasteiger partial charge in [-0.1, -0.05) is 171 Å². The van der Waals surface area contributed by atoms with Crippen LogP contribution in [0, 0.1) is 0 Å². The highest BCUT2D eigenvalue weighted by Gasteiger charge is 2.14. The van der Waals surface area contributed by atoms with Crippen LogP contribution in [0.1, 0.15) is 200 Å². The lowest BCUT2D eigenvalue weighted by Crippen LogP contribution is -2.18. The van der Waals surface area contributed by atoms with Crippen molar-refractivity contribution in [3.05, 3.63) is 60.8 Å². The van der Waals surface area contributed by atoms with Crippen LogP contribution in [-0.2, 0) is 14.3 Å². The molecule has 0 spiro atoms. The molecule has 0 aromatic rings. The summed E-state index contributed by atoms with van der Waals surface area (Å²) in [5.41, 5.74) is 0. The third kappa shape index (κ3) is 38.1. The fourth-order valence-electron chi connectivity index (χ4n) is 5.81. The molecule has 276 valence electrons. The van der Waals surface area contributed by atoms with Gasteiger partial charge in [-0.2, -0.15) is 0 Å². The second kappa shape index (κ2) is 39.1. The highest BCUT2D eigenvalue weighted by atomic mass is 16.5. The van der Waals surface area contributed by atoms with Crippen molar-refractivity contribution >= 4 is 11.9 Å². The number of carbonyl (C=O) groups is 2. The Hall–Kier alpha value is -2.36. The minimum absolute atomic E-state index is 0.0143. The molecule has 0 saturated heterocycles. The van der Waals surface area contributed by atoms with E-state index in [9.17, 15) is 9.59 Å². The van der Waals surface area contributed by atoms with Crippen molar-refractivity contribution in [3.63, 3.8) is 0 Å². The molecule has 1 unspecified atom stereocenters. The second-order valence-electron chi connectivity index (χ2n) is 13.4. The van der Waals surface area contributed by atoms with Gasteiger partial charge >= 0.3 is 11.9 Å². The summed E-state index contributed by atoms with van der Waals surface area (Å²) in [6, 6.07) is 0. The molecule has 0 aromatic heterocycles. The van der Waals surface area contributed by atoms with Crippen molar-refractivity contribution in [3.8, 4) is 0 Å². The molecule has 0 amide bonds. The van der Waals surface area contributed by atoms with Gasteiger partial charge < -0.3 is 9.84 Å². The van der Waals surface area contributed by atoms with Gasteiger partial charge in [0, 0.05) is 12.8 Å². The monoisotopic (exact) mass is 669 g/mol. The second-order valence-corrected chi connectivity index (χ2v) is 13.4. The topological polar surface area (TPSA) is 63.6 Å². The zero-order chi connectivity index (χ0) is 35.0. The smallest absolute Gasteiger partial charge is 0.306 e. The maximum atomic E-state index is 12.5. The first-order valence-corrected chi connectivity index (χ1v) is 20.3. The molecular weight excluding hydrogens is 592 g/mol. The number of unbranched alkanes of at least 4 members (excludes halogenated alkanes) is 17.